The summed E-state index contributed by atoms with van der Waals surface area (Å²) in [5, 5.41) is 0. The quantitative estimate of drug-likeness (QED) is 0.587. The van der Waals surface area contributed by atoms with E-state index in [9.17, 15) is 9.59 Å². The lowest BCUT2D eigenvalue weighted by molar-refractivity contribution is -0.117. The normalized spacial score (nSPS) is 17.6. The molecule has 3 aromatic carbocycles. The number of ether oxygens (including phenoxy) is 1. The minimum Gasteiger partial charge on any atom is -0.496 e. The van der Waals surface area contributed by atoms with Crippen molar-refractivity contribution in [1.29, 1.82) is 0 Å². The van der Waals surface area contributed by atoms with Crippen LogP contribution in [-0.2, 0) is 4.79 Å². The molecular formula is C26H26N2O3. The lowest BCUT2D eigenvalue weighted by atomic mass is 9.89. The first kappa shape index (κ1) is 20.7. The molecule has 0 saturated heterocycles. The van der Waals surface area contributed by atoms with Gasteiger partial charge < -0.3 is 14.5 Å². The second-order valence-electron chi connectivity index (χ2n) is 7.76. The van der Waals surface area contributed by atoms with Crippen molar-refractivity contribution >= 4 is 23.2 Å². The Hall–Kier alpha value is -3.60. The number of methoxy groups -OCH3 is 1. The molecule has 5 heteroatoms. The minimum atomic E-state index is -0.221. The fourth-order valence-corrected chi connectivity index (χ4v) is 4.48. The minimum absolute atomic E-state index is 0.000663. The van der Waals surface area contributed by atoms with Crippen molar-refractivity contribution in [3.8, 4) is 5.75 Å². The van der Waals surface area contributed by atoms with Gasteiger partial charge in [-0.3, -0.25) is 9.59 Å². The van der Waals surface area contributed by atoms with Crippen LogP contribution >= 0.6 is 0 Å². The molecule has 0 spiro atoms. The summed E-state index contributed by atoms with van der Waals surface area (Å²) >= 11 is 0. The largest absolute Gasteiger partial charge is 0.496 e. The monoisotopic (exact) mass is 414 g/mol. The van der Waals surface area contributed by atoms with Crippen molar-refractivity contribution in [2.75, 3.05) is 16.9 Å². The first-order valence-corrected chi connectivity index (χ1v) is 10.4. The van der Waals surface area contributed by atoms with Gasteiger partial charge in [0.1, 0.15) is 5.75 Å². The van der Waals surface area contributed by atoms with Gasteiger partial charge >= 0.3 is 0 Å². The smallest absolute Gasteiger partial charge is 0.262 e. The summed E-state index contributed by atoms with van der Waals surface area (Å²) in [4.78, 5) is 30.0. The van der Waals surface area contributed by atoms with E-state index in [-0.39, 0.29) is 23.9 Å². The molecule has 4 rings (SSSR count). The number of amides is 2. The number of nitrogens with zero attached hydrogens (tertiary/aromatic N) is 2. The zero-order chi connectivity index (χ0) is 22.0. The van der Waals surface area contributed by atoms with E-state index < -0.39 is 0 Å². The number of benzene rings is 3. The molecular weight excluding hydrogens is 388 g/mol. The topological polar surface area (TPSA) is 49.9 Å². The Labute approximate surface area is 182 Å². The summed E-state index contributed by atoms with van der Waals surface area (Å²) in [5.74, 6) is 0.406. The summed E-state index contributed by atoms with van der Waals surface area (Å²) in [6, 6.07) is 24.5. The Morgan fingerprint density at radius 1 is 0.935 bits per heavy atom. The maximum Gasteiger partial charge on any atom is 0.262 e. The Morgan fingerprint density at radius 2 is 1.58 bits per heavy atom. The SMILES string of the molecule is COc1ccccc1C(=O)N(c1ccccc1)[C@H]1C[C@@H](C)N(C(C)=O)c2ccccc21. The average Bonchev–Trinajstić information content (AvgIpc) is 2.79. The molecule has 0 unspecified atom stereocenters. The van der Waals surface area contributed by atoms with E-state index in [2.05, 4.69) is 0 Å². The van der Waals surface area contributed by atoms with Gasteiger partial charge in [0.05, 0.1) is 18.7 Å². The highest BCUT2D eigenvalue weighted by Gasteiger charge is 2.38. The van der Waals surface area contributed by atoms with Crippen molar-refractivity contribution in [3.05, 3.63) is 90.0 Å². The van der Waals surface area contributed by atoms with Gasteiger partial charge in [-0.2, -0.15) is 0 Å². The fourth-order valence-electron chi connectivity index (χ4n) is 4.48. The third-order valence-electron chi connectivity index (χ3n) is 5.80. The molecule has 158 valence electrons. The molecule has 31 heavy (non-hydrogen) atoms. The van der Waals surface area contributed by atoms with Crippen LogP contribution in [0.4, 0.5) is 11.4 Å². The molecule has 0 aliphatic carbocycles. The Bertz CT molecular complexity index is 1100. The summed E-state index contributed by atoms with van der Waals surface area (Å²) in [6.07, 6.45) is 0.631. The van der Waals surface area contributed by atoms with Crippen molar-refractivity contribution in [2.45, 2.75) is 32.4 Å². The number of anilines is 2. The van der Waals surface area contributed by atoms with E-state index in [0.717, 1.165) is 16.9 Å². The molecule has 0 fully saturated rings. The number of rotatable bonds is 4. The number of carbonyl (C=O) groups is 2. The molecule has 0 saturated carbocycles. The maximum absolute atomic E-state index is 13.9. The second kappa shape index (κ2) is 8.64. The third kappa shape index (κ3) is 3.79. The van der Waals surface area contributed by atoms with Crippen LogP contribution in [0, 0.1) is 0 Å². The van der Waals surface area contributed by atoms with Gasteiger partial charge in [-0.05, 0) is 49.2 Å². The molecule has 2 amide bonds. The number of fused-ring (bicyclic) bond motifs is 1. The zero-order valence-corrected chi connectivity index (χ0v) is 18.0. The molecule has 0 radical (unpaired) electrons. The van der Waals surface area contributed by atoms with Crippen LogP contribution in [0.3, 0.4) is 0 Å². The van der Waals surface area contributed by atoms with Gasteiger partial charge in [-0.25, -0.2) is 0 Å². The van der Waals surface area contributed by atoms with Gasteiger partial charge in [0.25, 0.3) is 5.91 Å². The van der Waals surface area contributed by atoms with Crippen molar-refractivity contribution in [1.82, 2.24) is 0 Å². The Kier molecular flexibility index (Phi) is 5.76. The molecule has 1 aliphatic heterocycles. The molecule has 0 aromatic heterocycles. The Balaban J connectivity index is 1.88. The van der Waals surface area contributed by atoms with Gasteiger partial charge in [0, 0.05) is 24.3 Å². The van der Waals surface area contributed by atoms with E-state index in [4.69, 9.17) is 4.74 Å². The van der Waals surface area contributed by atoms with Crippen LogP contribution < -0.4 is 14.5 Å². The van der Waals surface area contributed by atoms with Gasteiger partial charge in [-0.1, -0.05) is 48.5 Å². The molecule has 1 heterocycles. The lowest BCUT2D eigenvalue weighted by Crippen LogP contribution is -2.47. The predicted molar refractivity (Wildman–Crippen MR) is 123 cm³/mol. The zero-order valence-electron chi connectivity index (χ0n) is 18.0. The second-order valence-corrected chi connectivity index (χ2v) is 7.76. The van der Waals surface area contributed by atoms with Crippen molar-refractivity contribution < 1.29 is 14.3 Å². The van der Waals surface area contributed by atoms with Crippen LogP contribution in [0.25, 0.3) is 0 Å². The van der Waals surface area contributed by atoms with Crippen LogP contribution in [-0.4, -0.2) is 25.0 Å². The highest BCUT2D eigenvalue weighted by Crippen LogP contribution is 2.43. The van der Waals surface area contributed by atoms with E-state index >= 15 is 0 Å². The van der Waals surface area contributed by atoms with E-state index in [1.807, 2.05) is 83.5 Å². The van der Waals surface area contributed by atoms with E-state index in [1.54, 1.807) is 26.2 Å². The van der Waals surface area contributed by atoms with E-state index in [0.29, 0.717) is 17.7 Å². The number of hydrogen-bond donors (Lipinski definition) is 0. The maximum atomic E-state index is 13.9. The fraction of sp³-hybridized carbons (Fsp3) is 0.231. The standard InChI is InChI=1S/C26H26N2O3/c1-18-17-24(21-13-7-9-15-23(21)27(18)19(2)29)28(20-11-5-4-6-12-20)26(30)22-14-8-10-16-25(22)31-3/h4-16,18,24H,17H2,1-3H3/t18-,24+/m1/s1. The number of para-hydroxylation sites is 3. The van der Waals surface area contributed by atoms with E-state index in [1.165, 1.54) is 0 Å². The Morgan fingerprint density at radius 3 is 2.29 bits per heavy atom. The van der Waals surface area contributed by atoms with Crippen LogP contribution in [0.1, 0.15) is 42.2 Å². The molecule has 0 bridgehead atoms. The first-order chi connectivity index (χ1) is 15.0. The summed E-state index contributed by atoms with van der Waals surface area (Å²) in [5.41, 5.74) is 3.13. The summed E-state index contributed by atoms with van der Waals surface area (Å²) < 4.78 is 5.48. The van der Waals surface area contributed by atoms with Crippen LogP contribution in [0.5, 0.6) is 5.75 Å². The van der Waals surface area contributed by atoms with Gasteiger partial charge in [-0.15, -0.1) is 0 Å². The molecule has 1 aliphatic rings. The predicted octanol–water partition coefficient (Wildman–Crippen LogP) is 5.23. The third-order valence-corrected chi connectivity index (χ3v) is 5.80. The molecule has 3 aromatic rings. The highest BCUT2D eigenvalue weighted by atomic mass is 16.5. The highest BCUT2D eigenvalue weighted by molar-refractivity contribution is 6.08. The van der Waals surface area contributed by atoms with Crippen LogP contribution in [0.15, 0.2) is 78.9 Å². The summed E-state index contributed by atoms with van der Waals surface area (Å²) in [6.45, 7) is 3.61. The van der Waals surface area contributed by atoms with Gasteiger partial charge in [0.2, 0.25) is 5.91 Å². The van der Waals surface area contributed by atoms with Gasteiger partial charge in [0.15, 0.2) is 0 Å². The molecule has 5 nitrogen and oxygen atoms in total. The first-order valence-electron chi connectivity index (χ1n) is 10.4. The number of hydrogen-bond acceptors (Lipinski definition) is 3. The molecule has 2 atom stereocenters. The average molecular weight is 415 g/mol. The van der Waals surface area contributed by atoms with Crippen molar-refractivity contribution in [3.63, 3.8) is 0 Å². The summed E-state index contributed by atoms with van der Waals surface area (Å²) in [7, 11) is 1.57. The lowest BCUT2D eigenvalue weighted by Gasteiger charge is -2.43. The van der Waals surface area contributed by atoms with Crippen molar-refractivity contribution in [2.24, 2.45) is 0 Å². The number of carbonyl (C=O) groups excluding carboxylic acids is 2. The molecule has 0 N–H and O–H groups in total. The van der Waals surface area contributed by atoms with Crippen LogP contribution in [0.2, 0.25) is 0 Å².